The average molecular weight is 279 g/mol. The molecule has 0 saturated carbocycles. The van der Waals surface area contributed by atoms with E-state index in [4.69, 9.17) is 16.3 Å². The lowest BCUT2D eigenvalue weighted by Crippen LogP contribution is -2.01. The minimum Gasteiger partial charge on any atom is -0.508 e. The first-order valence-corrected chi connectivity index (χ1v) is 6.37. The highest BCUT2D eigenvalue weighted by Gasteiger charge is 2.05. The molecule has 2 aromatic rings. The zero-order valence-electron chi connectivity index (χ0n) is 10.6. The average Bonchev–Trinajstić information content (AvgIpc) is 2.40. The van der Waals surface area contributed by atoms with E-state index in [9.17, 15) is 5.11 Å². The van der Waals surface area contributed by atoms with E-state index in [1.165, 1.54) is 0 Å². The molecule has 0 aliphatic heterocycles. The van der Waals surface area contributed by atoms with Crippen LogP contribution in [0.2, 0.25) is 5.02 Å². The summed E-state index contributed by atoms with van der Waals surface area (Å²) in [5.41, 5.74) is 1.50. The van der Waals surface area contributed by atoms with E-state index in [0.717, 1.165) is 5.69 Å². The molecule has 0 aliphatic rings. The molecule has 5 heteroatoms. The Bertz CT molecular complexity index is 523. The highest BCUT2D eigenvalue weighted by molar-refractivity contribution is 6.31. The van der Waals surface area contributed by atoms with Gasteiger partial charge >= 0.3 is 0 Å². The van der Waals surface area contributed by atoms with Crippen LogP contribution in [-0.2, 0) is 6.54 Å². The topological polar surface area (TPSA) is 54.4 Å². The Morgan fingerprint density at radius 1 is 1.32 bits per heavy atom. The van der Waals surface area contributed by atoms with Crippen molar-refractivity contribution >= 4 is 17.3 Å². The van der Waals surface area contributed by atoms with E-state index in [1.807, 2.05) is 13.0 Å². The lowest BCUT2D eigenvalue weighted by Gasteiger charge is -2.10. The predicted octanol–water partition coefficient (Wildman–Crippen LogP) is 3.45. The van der Waals surface area contributed by atoms with Crippen molar-refractivity contribution in [2.45, 2.75) is 13.5 Å². The Morgan fingerprint density at radius 2 is 2.16 bits per heavy atom. The first kappa shape index (κ1) is 13.5. The molecule has 0 bridgehead atoms. The van der Waals surface area contributed by atoms with Crippen LogP contribution in [0.4, 0.5) is 5.69 Å². The third-order valence-electron chi connectivity index (χ3n) is 2.59. The Labute approximate surface area is 117 Å². The van der Waals surface area contributed by atoms with Crippen LogP contribution in [0.3, 0.4) is 0 Å². The number of phenolic OH excluding ortho intramolecular Hbond substituents is 1. The van der Waals surface area contributed by atoms with Crippen molar-refractivity contribution in [3.8, 4) is 11.6 Å². The molecule has 1 aromatic carbocycles. The van der Waals surface area contributed by atoms with Crippen LogP contribution in [0, 0.1) is 0 Å². The first-order valence-electron chi connectivity index (χ1n) is 5.99. The number of hydrogen-bond donors (Lipinski definition) is 2. The molecule has 0 saturated heterocycles. The number of benzene rings is 1. The van der Waals surface area contributed by atoms with Gasteiger partial charge in [0.05, 0.1) is 18.5 Å². The Kier molecular flexibility index (Phi) is 4.47. The smallest absolute Gasteiger partial charge is 0.213 e. The minimum absolute atomic E-state index is 0.180. The van der Waals surface area contributed by atoms with Gasteiger partial charge in [0.1, 0.15) is 5.75 Å². The summed E-state index contributed by atoms with van der Waals surface area (Å²) < 4.78 is 5.26. The van der Waals surface area contributed by atoms with Gasteiger partial charge in [-0.05, 0) is 25.1 Å². The summed E-state index contributed by atoms with van der Waals surface area (Å²) in [5.74, 6) is 0.771. The number of hydrogen-bond acceptors (Lipinski definition) is 4. The van der Waals surface area contributed by atoms with Gasteiger partial charge in [0.2, 0.25) is 5.88 Å². The number of nitrogens with one attached hydrogen (secondary N) is 1. The van der Waals surface area contributed by atoms with Gasteiger partial charge in [0.15, 0.2) is 0 Å². The summed E-state index contributed by atoms with van der Waals surface area (Å²) in [6.07, 6.45) is 1.68. The van der Waals surface area contributed by atoms with E-state index < -0.39 is 0 Å². The highest BCUT2D eigenvalue weighted by atomic mass is 35.5. The molecule has 2 rings (SSSR count). The normalized spacial score (nSPS) is 10.2. The minimum atomic E-state index is 0.180. The molecule has 0 aliphatic carbocycles. The van der Waals surface area contributed by atoms with Gasteiger partial charge in [-0.25, -0.2) is 4.98 Å². The number of rotatable bonds is 5. The molecule has 0 amide bonds. The number of aromatic hydroxyl groups is 1. The molecule has 0 unspecified atom stereocenters. The number of nitrogens with zero attached hydrogens (tertiary/aromatic N) is 1. The summed E-state index contributed by atoms with van der Waals surface area (Å²) in [5, 5.41) is 13.4. The fraction of sp³-hybridized carbons (Fsp3) is 0.214. The second-order valence-corrected chi connectivity index (χ2v) is 4.32. The zero-order valence-corrected chi connectivity index (χ0v) is 11.3. The largest absolute Gasteiger partial charge is 0.508 e. The van der Waals surface area contributed by atoms with Gasteiger partial charge in [-0.15, -0.1) is 0 Å². The van der Waals surface area contributed by atoms with E-state index in [2.05, 4.69) is 10.3 Å². The first-order chi connectivity index (χ1) is 9.20. The molecule has 1 aromatic heterocycles. The maximum atomic E-state index is 9.72. The lowest BCUT2D eigenvalue weighted by atomic mass is 10.2. The summed E-state index contributed by atoms with van der Waals surface area (Å²) in [6, 6.07) is 8.72. The predicted molar refractivity (Wildman–Crippen MR) is 75.8 cm³/mol. The number of ether oxygens (including phenoxy) is 1. The fourth-order valence-electron chi connectivity index (χ4n) is 1.63. The van der Waals surface area contributed by atoms with Crippen molar-refractivity contribution in [3.63, 3.8) is 0 Å². The number of anilines is 1. The molecule has 1 heterocycles. The van der Waals surface area contributed by atoms with Crippen LogP contribution in [0.5, 0.6) is 11.6 Å². The number of phenols is 1. The summed E-state index contributed by atoms with van der Waals surface area (Å²) in [6.45, 7) is 2.93. The zero-order chi connectivity index (χ0) is 13.7. The summed E-state index contributed by atoms with van der Waals surface area (Å²) >= 11 is 6.03. The Hall–Kier alpha value is -1.94. The molecular weight excluding hydrogens is 264 g/mol. The SMILES string of the molecule is CCOc1ccc(NCc2c(O)cccc2Cl)cn1. The van der Waals surface area contributed by atoms with Crippen LogP contribution in [-0.4, -0.2) is 16.7 Å². The van der Waals surface area contributed by atoms with Gasteiger partial charge in [0.25, 0.3) is 0 Å². The fourth-order valence-corrected chi connectivity index (χ4v) is 1.87. The van der Waals surface area contributed by atoms with Crippen LogP contribution in [0.15, 0.2) is 36.5 Å². The molecule has 0 atom stereocenters. The second-order valence-electron chi connectivity index (χ2n) is 3.91. The van der Waals surface area contributed by atoms with Crippen LogP contribution >= 0.6 is 11.6 Å². The lowest BCUT2D eigenvalue weighted by molar-refractivity contribution is 0.327. The molecular formula is C14H15ClN2O2. The standard InChI is InChI=1S/C14H15ClN2O2/c1-2-19-14-7-6-10(8-17-14)16-9-11-12(15)4-3-5-13(11)18/h3-8,16,18H,2,9H2,1H3. The molecule has 100 valence electrons. The monoisotopic (exact) mass is 278 g/mol. The maximum absolute atomic E-state index is 9.72. The molecule has 2 N–H and O–H groups in total. The molecule has 4 nitrogen and oxygen atoms in total. The van der Waals surface area contributed by atoms with Crippen molar-refractivity contribution in [2.24, 2.45) is 0 Å². The number of halogens is 1. The van der Waals surface area contributed by atoms with Crippen LogP contribution in [0.25, 0.3) is 0 Å². The van der Waals surface area contributed by atoms with E-state index in [0.29, 0.717) is 29.6 Å². The van der Waals surface area contributed by atoms with Gasteiger partial charge in [-0.3, -0.25) is 0 Å². The van der Waals surface area contributed by atoms with Crippen molar-refractivity contribution in [1.29, 1.82) is 0 Å². The number of pyridine rings is 1. The van der Waals surface area contributed by atoms with Gasteiger partial charge in [-0.2, -0.15) is 0 Å². The van der Waals surface area contributed by atoms with E-state index in [-0.39, 0.29) is 5.75 Å². The number of aromatic nitrogens is 1. The van der Waals surface area contributed by atoms with Crippen molar-refractivity contribution in [2.75, 3.05) is 11.9 Å². The molecule has 19 heavy (non-hydrogen) atoms. The van der Waals surface area contributed by atoms with E-state index >= 15 is 0 Å². The van der Waals surface area contributed by atoms with Gasteiger partial charge in [-0.1, -0.05) is 17.7 Å². The Balaban J connectivity index is 2.02. The third-order valence-corrected chi connectivity index (χ3v) is 2.95. The molecule has 0 radical (unpaired) electrons. The van der Waals surface area contributed by atoms with Gasteiger partial charge < -0.3 is 15.2 Å². The quantitative estimate of drug-likeness (QED) is 0.879. The van der Waals surface area contributed by atoms with Crippen LogP contribution in [0.1, 0.15) is 12.5 Å². The van der Waals surface area contributed by atoms with Crippen molar-refractivity contribution < 1.29 is 9.84 Å². The van der Waals surface area contributed by atoms with E-state index in [1.54, 1.807) is 30.5 Å². The highest BCUT2D eigenvalue weighted by Crippen LogP contribution is 2.26. The van der Waals surface area contributed by atoms with Gasteiger partial charge in [0, 0.05) is 23.2 Å². The summed E-state index contributed by atoms with van der Waals surface area (Å²) in [4.78, 5) is 4.15. The molecule has 0 fully saturated rings. The van der Waals surface area contributed by atoms with Crippen molar-refractivity contribution in [3.05, 3.63) is 47.1 Å². The summed E-state index contributed by atoms with van der Waals surface area (Å²) in [7, 11) is 0. The van der Waals surface area contributed by atoms with Crippen LogP contribution < -0.4 is 10.1 Å². The third kappa shape index (κ3) is 3.51. The Morgan fingerprint density at radius 3 is 2.79 bits per heavy atom. The molecule has 0 spiro atoms. The van der Waals surface area contributed by atoms with Crippen molar-refractivity contribution in [1.82, 2.24) is 4.98 Å². The second kappa shape index (κ2) is 6.29. The maximum Gasteiger partial charge on any atom is 0.213 e.